The smallest absolute Gasteiger partial charge is 0.358 e. The fraction of sp³-hybridized carbons (Fsp3) is 0.429. The van der Waals surface area contributed by atoms with Gasteiger partial charge in [0, 0.05) is 21.9 Å². The number of carbonyl (C=O) groups is 1. The van der Waals surface area contributed by atoms with Gasteiger partial charge in [-0.25, -0.2) is 4.79 Å². The molecule has 2 heterocycles. The number of aryl methyl sites for hydroxylation is 3. The topological polar surface area (TPSA) is 44.1 Å². The average molecular weight is 278 g/mol. The Hall–Kier alpha value is -1.62. The van der Waals surface area contributed by atoms with Crippen LogP contribution in [0.1, 0.15) is 34.1 Å². The molecule has 2 aromatic heterocycles. The van der Waals surface area contributed by atoms with Gasteiger partial charge in [0.2, 0.25) is 0 Å². The van der Waals surface area contributed by atoms with E-state index in [1.54, 1.807) is 18.3 Å². The lowest BCUT2D eigenvalue weighted by molar-refractivity contribution is 0.0518. The Bertz CT molecular complexity index is 599. The number of thiophene rings is 1. The second-order valence-electron chi connectivity index (χ2n) is 4.28. The van der Waals surface area contributed by atoms with Crippen molar-refractivity contribution in [3.63, 3.8) is 0 Å². The van der Waals surface area contributed by atoms with E-state index >= 15 is 0 Å². The molecule has 19 heavy (non-hydrogen) atoms. The van der Waals surface area contributed by atoms with E-state index in [9.17, 15) is 4.79 Å². The maximum Gasteiger partial charge on any atom is 0.358 e. The second kappa shape index (κ2) is 5.57. The minimum Gasteiger partial charge on any atom is -0.461 e. The lowest BCUT2D eigenvalue weighted by atomic mass is 10.1. The van der Waals surface area contributed by atoms with Crippen molar-refractivity contribution in [1.82, 2.24) is 9.78 Å². The first-order chi connectivity index (χ1) is 9.06. The van der Waals surface area contributed by atoms with Gasteiger partial charge in [-0.05, 0) is 39.8 Å². The summed E-state index contributed by atoms with van der Waals surface area (Å²) < 4.78 is 6.85. The van der Waals surface area contributed by atoms with Crippen molar-refractivity contribution >= 4 is 17.3 Å². The van der Waals surface area contributed by atoms with Gasteiger partial charge in [0.25, 0.3) is 0 Å². The van der Waals surface area contributed by atoms with Gasteiger partial charge in [0.05, 0.1) is 12.3 Å². The Morgan fingerprint density at radius 2 is 2.11 bits per heavy atom. The van der Waals surface area contributed by atoms with Gasteiger partial charge < -0.3 is 4.74 Å². The van der Waals surface area contributed by atoms with Gasteiger partial charge in [-0.3, -0.25) is 4.68 Å². The van der Waals surface area contributed by atoms with Crippen LogP contribution < -0.4 is 0 Å². The maximum atomic E-state index is 11.8. The van der Waals surface area contributed by atoms with E-state index in [4.69, 9.17) is 4.74 Å². The summed E-state index contributed by atoms with van der Waals surface area (Å²) in [5.41, 5.74) is 2.50. The highest BCUT2D eigenvalue weighted by Gasteiger charge is 2.17. The number of nitrogens with zero attached hydrogens (tertiary/aromatic N) is 2. The second-order valence-corrected chi connectivity index (χ2v) is 5.74. The third kappa shape index (κ3) is 2.71. The zero-order chi connectivity index (χ0) is 14.0. The lowest BCUT2D eigenvalue weighted by Crippen LogP contribution is -2.07. The first-order valence-corrected chi connectivity index (χ1v) is 7.20. The first-order valence-electron chi connectivity index (χ1n) is 6.39. The van der Waals surface area contributed by atoms with Gasteiger partial charge in [-0.2, -0.15) is 5.10 Å². The molecular weight excluding hydrogens is 260 g/mol. The molecule has 0 atom stereocenters. The fourth-order valence-corrected chi connectivity index (χ4v) is 3.00. The number of esters is 1. The van der Waals surface area contributed by atoms with E-state index in [0.29, 0.717) is 12.3 Å². The van der Waals surface area contributed by atoms with Crippen molar-refractivity contribution in [3.8, 4) is 11.3 Å². The summed E-state index contributed by atoms with van der Waals surface area (Å²) in [6.07, 6.45) is 0. The van der Waals surface area contributed by atoms with Crippen LogP contribution in [-0.4, -0.2) is 22.4 Å². The summed E-state index contributed by atoms with van der Waals surface area (Å²) in [5, 5.41) is 4.32. The van der Waals surface area contributed by atoms with Crippen LogP contribution in [0.4, 0.5) is 0 Å². The molecule has 0 aliphatic rings. The number of aromatic nitrogens is 2. The first kappa shape index (κ1) is 13.8. The third-order valence-electron chi connectivity index (χ3n) is 2.88. The van der Waals surface area contributed by atoms with E-state index in [1.807, 2.05) is 17.7 Å². The van der Waals surface area contributed by atoms with Crippen molar-refractivity contribution in [2.75, 3.05) is 6.61 Å². The standard InChI is InChI=1S/C14H18N2O2S/c1-5-16-13(11-7-9(3)19-10(11)4)8-12(15-16)14(17)18-6-2/h7-8H,5-6H2,1-4H3. The fourth-order valence-electron chi connectivity index (χ4n) is 2.06. The normalized spacial score (nSPS) is 10.7. The van der Waals surface area contributed by atoms with Crippen molar-refractivity contribution < 1.29 is 9.53 Å². The van der Waals surface area contributed by atoms with E-state index in [2.05, 4.69) is 25.0 Å². The van der Waals surface area contributed by atoms with Crippen molar-refractivity contribution in [2.24, 2.45) is 0 Å². The molecule has 0 aromatic carbocycles. The molecule has 0 aliphatic carbocycles. The molecule has 0 N–H and O–H groups in total. The largest absolute Gasteiger partial charge is 0.461 e. The molecule has 0 saturated heterocycles. The molecule has 2 rings (SSSR count). The highest BCUT2D eigenvalue weighted by atomic mass is 32.1. The van der Waals surface area contributed by atoms with E-state index in [1.165, 1.54) is 9.75 Å². The summed E-state index contributed by atoms with van der Waals surface area (Å²) in [6.45, 7) is 9.07. The Morgan fingerprint density at radius 3 is 2.63 bits per heavy atom. The number of rotatable bonds is 4. The molecule has 0 saturated carbocycles. The zero-order valence-electron chi connectivity index (χ0n) is 11.7. The Labute approximate surface area is 117 Å². The zero-order valence-corrected chi connectivity index (χ0v) is 12.5. The Morgan fingerprint density at radius 1 is 1.37 bits per heavy atom. The van der Waals surface area contributed by atoms with E-state index in [-0.39, 0.29) is 5.97 Å². The summed E-state index contributed by atoms with van der Waals surface area (Å²) in [4.78, 5) is 14.2. The minimum atomic E-state index is -0.361. The SMILES string of the molecule is CCOC(=O)c1cc(-c2cc(C)sc2C)n(CC)n1. The molecule has 0 amide bonds. The van der Waals surface area contributed by atoms with Crippen LogP contribution in [0.25, 0.3) is 11.3 Å². The number of hydrogen-bond acceptors (Lipinski definition) is 4. The molecule has 0 bridgehead atoms. The molecule has 4 nitrogen and oxygen atoms in total. The molecule has 0 spiro atoms. The van der Waals surface area contributed by atoms with Crippen LogP contribution in [0.15, 0.2) is 12.1 Å². The molecule has 0 radical (unpaired) electrons. The van der Waals surface area contributed by atoms with Crippen LogP contribution >= 0.6 is 11.3 Å². The highest BCUT2D eigenvalue weighted by Crippen LogP contribution is 2.31. The van der Waals surface area contributed by atoms with Crippen molar-refractivity contribution in [1.29, 1.82) is 0 Å². The molecule has 102 valence electrons. The van der Waals surface area contributed by atoms with Crippen LogP contribution in [0.5, 0.6) is 0 Å². The summed E-state index contributed by atoms with van der Waals surface area (Å²) >= 11 is 1.75. The van der Waals surface area contributed by atoms with Gasteiger partial charge in [-0.1, -0.05) is 0 Å². The third-order valence-corrected chi connectivity index (χ3v) is 3.85. The predicted molar refractivity (Wildman–Crippen MR) is 76.6 cm³/mol. The van der Waals surface area contributed by atoms with Crippen molar-refractivity contribution in [2.45, 2.75) is 34.2 Å². The van der Waals surface area contributed by atoms with E-state index < -0.39 is 0 Å². The number of hydrogen-bond donors (Lipinski definition) is 0. The molecule has 0 aliphatic heterocycles. The summed E-state index contributed by atoms with van der Waals surface area (Å²) in [6, 6.07) is 3.95. The van der Waals surface area contributed by atoms with Gasteiger partial charge in [-0.15, -0.1) is 11.3 Å². The van der Waals surface area contributed by atoms with Crippen molar-refractivity contribution in [3.05, 3.63) is 27.6 Å². The quantitative estimate of drug-likeness (QED) is 0.805. The van der Waals surface area contributed by atoms with E-state index in [0.717, 1.165) is 17.8 Å². The Kier molecular flexibility index (Phi) is 4.04. The molecular formula is C14H18N2O2S. The maximum absolute atomic E-state index is 11.8. The average Bonchev–Trinajstić information content (AvgIpc) is 2.92. The van der Waals surface area contributed by atoms with Crippen LogP contribution in [0.2, 0.25) is 0 Å². The van der Waals surface area contributed by atoms with Crippen LogP contribution in [0, 0.1) is 13.8 Å². The van der Waals surface area contributed by atoms with Gasteiger partial charge in [0.1, 0.15) is 0 Å². The summed E-state index contributed by atoms with van der Waals surface area (Å²) in [7, 11) is 0. The molecule has 5 heteroatoms. The number of ether oxygens (including phenoxy) is 1. The number of carbonyl (C=O) groups excluding carboxylic acids is 1. The highest BCUT2D eigenvalue weighted by molar-refractivity contribution is 7.12. The summed E-state index contributed by atoms with van der Waals surface area (Å²) in [5.74, 6) is -0.361. The van der Waals surface area contributed by atoms with Gasteiger partial charge in [0.15, 0.2) is 5.69 Å². The minimum absolute atomic E-state index is 0.361. The van der Waals surface area contributed by atoms with Crippen LogP contribution in [-0.2, 0) is 11.3 Å². The Balaban J connectivity index is 2.45. The molecule has 0 unspecified atom stereocenters. The molecule has 2 aromatic rings. The monoisotopic (exact) mass is 278 g/mol. The molecule has 0 fully saturated rings. The van der Waals surface area contributed by atoms with Gasteiger partial charge >= 0.3 is 5.97 Å². The van der Waals surface area contributed by atoms with Crippen LogP contribution in [0.3, 0.4) is 0 Å². The predicted octanol–water partition coefficient (Wildman–Crippen LogP) is 3.43. The lowest BCUT2D eigenvalue weighted by Gasteiger charge is -2.03.